The van der Waals surface area contributed by atoms with Gasteiger partial charge in [-0.15, -0.1) is 0 Å². The van der Waals surface area contributed by atoms with Gasteiger partial charge in [-0.3, -0.25) is 4.79 Å². The van der Waals surface area contributed by atoms with Crippen molar-refractivity contribution in [2.24, 2.45) is 0 Å². The lowest BCUT2D eigenvalue weighted by molar-refractivity contribution is 0.0950. The highest BCUT2D eigenvalue weighted by Gasteiger charge is 2.06. The van der Waals surface area contributed by atoms with Crippen LogP contribution in [0.2, 0.25) is 5.28 Å². The molecule has 1 N–H and O–H groups in total. The summed E-state index contributed by atoms with van der Waals surface area (Å²) in [7, 11) is 0. The average Bonchev–Trinajstić information content (AvgIpc) is 2.61. The molecule has 0 saturated heterocycles. The Balaban J connectivity index is 1.62. The molecule has 0 saturated carbocycles. The van der Waals surface area contributed by atoms with Crippen LogP contribution in [0.3, 0.4) is 0 Å². The van der Waals surface area contributed by atoms with Crippen molar-refractivity contribution in [1.82, 2.24) is 15.3 Å². The van der Waals surface area contributed by atoms with Gasteiger partial charge in [0.05, 0.1) is 5.56 Å². The van der Waals surface area contributed by atoms with Gasteiger partial charge >= 0.3 is 0 Å². The molecular formula is C18H14ClN3O. The summed E-state index contributed by atoms with van der Waals surface area (Å²) in [5.41, 5.74) is 3.72. The maximum Gasteiger partial charge on any atom is 0.254 e. The van der Waals surface area contributed by atoms with E-state index in [0.29, 0.717) is 12.1 Å². The third-order valence-corrected chi connectivity index (χ3v) is 3.59. The van der Waals surface area contributed by atoms with Gasteiger partial charge < -0.3 is 5.32 Å². The second kappa shape index (κ2) is 7.03. The molecule has 1 heterocycles. The van der Waals surface area contributed by atoms with Crippen molar-refractivity contribution in [3.8, 4) is 11.1 Å². The number of carbonyl (C=O) groups is 1. The minimum Gasteiger partial charge on any atom is -0.348 e. The van der Waals surface area contributed by atoms with Gasteiger partial charge in [-0.05, 0) is 28.3 Å². The lowest BCUT2D eigenvalue weighted by atomic mass is 10.0. The second-order valence-corrected chi connectivity index (χ2v) is 5.32. The number of rotatable bonds is 4. The molecule has 0 fully saturated rings. The van der Waals surface area contributed by atoms with E-state index >= 15 is 0 Å². The van der Waals surface area contributed by atoms with Crippen molar-refractivity contribution in [2.45, 2.75) is 6.54 Å². The third-order valence-electron chi connectivity index (χ3n) is 3.40. The third kappa shape index (κ3) is 3.93. The Labute approximate surface area is 139 Å². The fourth-order valence-electron chi connectivity index (χ4n) is 2.16. The molecule has 0 aliphatic rings. The summed E-state index contributed by atoms with van der Waals surface area (Å²) < 4.78 is 0. The van der Waals surface area contributed by atoms with Crippen LogP contribution in [0.15, 0.2) is 67.0 Å². The monoisotopic (exact) mass is 323 g/mol. The van der Waals surface area contributed by atoms with Crippen LogP contribution in [-0.4, -0.2) is 15.9 Å². The SMILES string of the molecule is O=C(NCc1ccc(-c2ccccc2)cc1)c1cnc(Cl)nc1. The van der Waals surface area contributed by atoms with Crippen LogP contribution in [0.1, 0.15) is 15.9 Å². The Morgan fingerprint density at radius 3 is 2.17 bits per heavy atom. The molecule has 0 atom stereocenters. The Hall–Kier alpha value is -2.72. The molecule has 1 amide bonds. The number of carbonyl (C=O) groups excluding carboxylic acids is 1. The molecular weight excluding hydrogens is 310 g/mol. The van der Waals surface area contributed by atoms with Crippen LogP contribution >= 0.6 is 11.6 Å². The van der Waals surface area contributed by atoms with Gasteiger partial charge in [-0.1, -0.05) is 54.6 Å². The number of nitrogens with one attached hydrogen (secondary N) is 1. The Bertz CT molecular complexity index is 787. The molecule has 3 rings (SSSR count). The zero-order valence-corrected chi connectivity index (χ0v) is 13.0. The largest absolute Gasteiger partial charge is 0.348 e. The summed E-state index contributed by atoms with van der Waals surface area (Å²) in [6.07, 6.45) is 2.81. The van der Waals surface area contributed by atoms with E-state index in [4.69, 9.17) is 11.6 Å². The number of benzene rings is 2. The first-order valence-electron chi connectivity index (χ1n) is 7.12. The summed E-state index contributed by atoms with van der Waals surface area (Å²) in [6.45, 7) is 0.441. The Morgan fingerprint density at radius 1 is 0.913 bits per heavy atom. The predicted molar refractivity (Wildman–Crippen MR) is 90.1 cm³/mol. The number of hydrogen-bond acceptors (Lipinski definition) is 3. The van der Waals surface area contributed by atoms with E-state index < -0.39 is 0 Å². The minimum atomic E-state index is -0.228. The summed E-state index contributed by atoms with van der Waals surface area (Å²) in [6, 6.07) is 18.2. The topological polar surface area (TPSA) is 54.9 Å². The van der Waals surface area contributed by atoms with Crippen molar-refractivity contribution < 1.29 is 4.79 Å². The summed E-state index contributed by atoms with van der Waals surface area (Å²) in [4.78, 5) is 19.6. The molecule has 23 heavy (non-hydrogen) atoms. The maximum atomic E-state index is 12.0. The highest BCUT2D eigenvalue weighted by atomic mass is 35.5. The van der Waals surface area contributed by atoms with E-state index in [0.717, 1.165) is 11.1 Å². The molecule has 2 aromatic carbocycles. The maximum absolute atomic E-state index is 12.0. The Morgan fingerprint density at radius 2 is 1.52 bits per heavy atom. The van der Waals surface area contributed by atoms with Gasteiger partial charge in [0.1, 0.15) is 0 Å². The van der Waals surface area contributed by atoms with Gasteiger partial charge in [0.25, 0.3) is 5.91 Å². The lowest BCUT2D eigenvalue weighted by Gasteiger charge is -2.07. The predicted octanol–water partition coefficient (Wildman–Crippen LogP) is 3.73. The van der Waals surface area contributed by atoms with Gasteiger partial charge in [0, 0.05) is 18.9 Å². The molecule has 0 aliphatic carbocycles. The zero-order chi connectivity index (χ0) is 16.1. The van der Waals surface area contributed by atoms with Crippen LogP contribution in [-0.2, 0) is 6.54 Å². The van der Waals surface area contributed by atoms with Crippen molar-refractivity contribution in [3.05, 3.63) is 83.4 Å². The van der Waals surface area contributed by atoms with E-state index in [-0.39, 0.29) is 11.2 Å². The summed E-state index contributed by atoms with van der Waals surface area (Å²) in [5, 5.41) is 2.96. The fraction of sp³-hybridized carbons (Fsp3) is 0.0556. The van der Waals surface area contributed by atoms with E-state index in [1.54, 1.807) is 0 Å². The lowest BCUT2D eigenvalue weighted by Crippen LogP contribution is -2.23. The summed E-state index contributed by atoms with van der Waals surface area (Å²) >= 11 is 5.60. The van der Waals surface area contributed by atoms with Crippen LogP contribution in [0, 0.1) is 0 Å². The van der Waals surface area contributed by atoms with E-state index in [9.17, 15) is 4.79 Å². The zero-order valence-electron chi connectivity index (χ0n) is 12.2. The van der Waals surface area contributed by atoms with Gasteiger partial charge in [0.15, 0.2) is 0 Å². The fourth-order valence-corrected chi connectivity index (χ4v) is 2.26. The molecule has 0 spiro atoms. The average molecular weight is 324 g/mol. The van der Waals surface area contributed by atoms with E-state index in [1.165, 1.54) is 18.0 Å². The normalized spacial score (nSPS) is 10.3. The van der Waals surface area contributed by atoms with Crippen molar-refractivity contribution in [1.29, 1.82) is 0 Å². The van der Waals surface area contributed by atoms with E-state index in [1.807, 2.05) is 42.5 Å². The van der Waals surface area contributed by atoms with Crippen LogP contribution < -0.4 is 5.32 Å². The van der Waals surface area contributed by atoms with Crippen molar-refractivity contribution >= 4 is 17.5 Å². The first kappa shape index (κ1) is 15.2. The summed E-state index contributed by atoms with van der Waals surface area (Å²) in [5.74, 6) is -0.228. The highest BCUT2D eigenvalue weighted by Crippen LogP contribution is 2.19. The first-order valence-corrected chi connectivity index (χ1v) is 7.50. The standard InChI is InChI=1S/C18H14ClN3O/c19-18-21-11-16(12-22-18)17(23)20-10-13-6-8-15(9-7-13)14-4-2-1-3-5-14/h1-9,11-12H,10H2,(H,20,23). The number of halogens is 1. The van der Waals surface area contributed by atoms with Crippen molar-refractivity contribution in [2.75, 3.05) is 0 Å². The van der Waals surface area contributed by atoms with Gasteiger partial charge in [-0.25, -0.2) is 9.97 Å². The smallest absolute Gasteiger partial charge is 0.254 e. The highest BCUT2D eigenvalue weighted by molar-refractivity contribution is 6.28. The van der Waals surface area contributed by atoms with Crippen LogP contribution in [0.25, 0.3) is 11.1 Å². The molecule has 0 bridgehead atoms. The quantitative estimate of drug-likeness (QED) is 0.744. The van der Waals surface area contributed by atoms with Gasteiger partial charge in [-0.2, -0.15) is 0 Å². The molecule has 0 unspecified atom stereocenters. The van der Waals surface area contributed by atoms with Gasteiger partial charge in [0.2, 0.25) is 5.28 Å². The number of nitrogens with zero attached hydrogens (tertiary/aromatic N) is 2. The molecule has 0 aliphatic heterocycles. The Kier molecular flexibility index (Phi) is 4.64. The molecule has 0 radical (unpaired) electrons. The van der Waals surface area contributed by atoms with Crippen molar-refractivity contribution in [3.63, 3.8) is 0 Å². The van der Waals surface area contributed by atoms with E-state index in [2.05, 4.69) is 27.4 Å². The minimum absolute atomic E-state index is 0.123. The van der Waals surface area contributed by atoms with Crippen LogP contribution in [0.4, 0.5) is 0 Å². The first-order chi connectivity index (χ1) is 11.2. The number of aromatic nitrogens is 2. The molecule has 1 aromatic heterocycles. The molecule has 5 heteroatoms. The molecule has 4 nitrogen and oxygen atoms in total. The number of hydrogen-bond donors (Lipinski definition) is 1. The molecule has 114 valence electrons. The number of amides is 1. The second-order valence-electron chi connectivity index (χ2n) is 4.99. The molecule has 3 aromatic rings. The van der Waals surface area contributed by atoms with Crippen LogP contribution in [0.5, 0.6) is 0 Å².